The molecule has 100 valence electrons. The van der Waals surface area contributed by atoms with E-state index in [0.29, 0.717) is 0 Å². The van der Waals surface area contributed by atoms with E-state index in [9.17, 15) is 0 Å². The first-order valence-electron chi connectivity index (χ1n) is 6.53. The molecular weight excluding hydrogens is 244 g/mol. The SMILES string of the molecule is CC1(C)CN(Cc2ccccc2Cl)CC(C)(C)N1. The molecule has 0 unspecified atom stereocenters. The van der Waals surface area contributed by atoms with E-state index < -0.39 is 0 Å². The lowest BCUT2D eigenvalue weighted by Gasteiger charge is -2.48. The Bertz CT molecular complexity index is 410. The molecule has 2 nitrogen and oxygen atoms in total. The fraction of sp³-hybridized carbons (Fsp3) is 0.600. The molecule has 1 aromatic carbocycles. The van der Waals surface area contributed by atoms with E-state index >= 15 is 0 Å². The largest absolute Gasteiger partial charge is 0.304 e. The highest BCUT2D eigenvalue weighted by molar-refractivity contribution is 6.31. The van der Waals surface area contributed by atoms with Gasteiger partial charge in [-0.25, -0.2) is 0 Å². The second-order valence-electron chi connectivity index (χ2n) is 6.63. The smallest absolute Gasteiger partial charge is 0.0451 e. The van der Waals surface area contributed by atoms with Crippen LogP contribution in [0.5, 0.6) is 0 Å². The second-order valence-corrected chi connectivity index (χ2v) is 7.04. The fourth-order valence-electron chi connectivity index (χ4n) is 3.15. The van der Waals surface area contributed by atoms with Crippen molar-refractivity contribution in [1.82, 2.24) is 10.2 Å². The minimum absolute atomic E-state index is 0.142. The van der Waals surface area contributed by atoms with Crippen molar-refractivity contribution in [2.75, 3.05) is 13.1 Å². The molecule has 2 rings (SSSR count). The Morgan fingerprint density at radius 2 is 1.67 bits per heavy atom. The van der Waals surface area contributed by atoms with Gasteiger partial charge >= 0.3 is 0 Å². The molecule has 18 heavy (non-hydrogen) atoms. The van der Waals surface area contributed by atoms with Gasteiger partial charge < -0.3 is 5.32 Å². The van der Waals surface area contributed by atoms with Crippen LogP contribution in [-0.2, 0) is 6.54 Å². The zero-order valence-corrected chi connectivity index (χ0v) is 12.5. The van der Waals surface area contributed by atoms with E-state index in [-0.39, 0.29) is 11.1 Å². The predicted octanol–water partition coefficient (Wildman–Crippen LogP) is 3.30. The molecule has 0 aliphatic carbocycles. The van der Waals surface area contributed by atoms with Crippen molar-refractivity contribution in [1.29, 1.82) is 0 Å². The standard InChI is InChI=1S/C15H23ClN2/c1-14(2)10-18(11-15(3,4)17-14)9-12-7-5-6-8-13(12)16/h5-8,17H,9-11H2,1-4H3. The molecule has 1 fully saturated rings. The molecule has 1 aromatic rings. The average Bonchev–Trinajstić information content (AvgIpc) is 2.16. The van der Waals surface area contributed by atoms with Crippen LogP contribution < -0.4 is 5.32 Å². The lowest BCUT2D eigenvalue weighted by molar-refractivity contribution is 0.0728. The Kier molecular flexibility index (Phi) is 3.72. The summed E-state index contributed by atoms with van der Waals surface area (Å²) in [6.07, 6.45) is 0. The van der Waals surface area contributed by atoms with E-state index in [1.54, 1.807) is 0 Å². The molecule has 0 spiro atoms. The molecule has 3 heteroatoms. The van der Waals surface area contributed by atoms with Crippen LogP contribution in [0, 0.1) is 0 Å². The normalized spacial score (nSPS) is 22.9. The Hall–Kier alpha value is -0.570. The van der Waals surface area contributed by atoms with Gasteiger partial charge in [-0.1, -0.05) is 29.8 Å². The monoisotopic (exact) mass is 266 g/mol. The van der Waals surface area contributed by atoms with Gasteiger partial charge in [-0.3, -0.25) is 4.90 Å². The van der Waals surface area contributed by atoms with E-state index in [1.807, 2.05) is 12.1 Å². The molecule has 1 aliphatic heterocycles. The van der Waals surface area contributed by atoms with E-state index in [1.165, 1.54) is 5.56 Å². The summed E-state index contributed by atoms with van der Waals surface area (Å²) in [7, 11) is 0. The summed E-state index contributed by atoms with van der Waals surface area (Å²) >= 11 is 6.24. The maximum absolute atomic E-state index is 6.24. The summed E-state index contributed by atoms with van der Waals surface area (Å²) in [5.74, 6) is 0. The topological polar surface area (TPSA) is 15.3 Å². The summed E-state index contributed by atoms with van der Waals surface area (Å²) < 4.78 is 0. The fourth-order valence-corrected chi connectivity index (χ4v) is 3.34. The number of nitrogens with zero attached hydrogens (tertiary/aromatic N) is 1. The highest BCUT2D eigenvalue weighted by Crippen LogP contribution is 2.24. The third-order valence-corrected chi connectivity index (χ3v) is 3.64. The molecule has 0 radical (unpaired) electrons. The third kappa shape index (κ3) is 3.47. The summed E-state index contributed by atoms with van der Waals surface area (Å²) in [4.78, 5) is 2.48. The summed E-state index contributed by atoms with van der Waals surface area (Å²) in [6.45, 7) is 12.0. The van der Waals surface area contributed by atoms with Crippen LogP contribution in [0.25, 0.3) is 0 Å². The maximum atomic E-state index is 6.24. The molecule has 0 aromatic heterocycles. The van der Waals surface area contributed by atoms with Gasteiger partial charge in [-0.15, -0.1) is 0 Å². The lowest BCUT2D eigenvalue weighted by atomic mass is 9.91. The summed E-state index contributed by atoms with van der Waals surface area (Å²) in [5, 5.41) is 4.55. The van der Waals surface area contributed by atoms with Crippen molar-refractivity contribution < 1.29 is 0 Å². The zero-order valence-electron chi connectivity index (χ0n) is 11.8. The number of piperazine rings is 1. The first-order valence-corrected chi connectivity index (χ1v) is 6.90. The van der Waals surface area contributed by atoms with Crippen molar-refractivity contribution >= 4 is 11.6 Å². The molecule has 0 saturated carbocycles. The van der Waals surface area contributed by atoms with E-state index in [0.717, 1.165) is 24.7 Å². The van der Waals surface area contributed by atoms with E-state index in [2.05, 4.69) is 50.0 Å². The van der Waals surface area contributed by atoms with Crippen LogP contribution in [0.1, 0.15) is 33.3 Å². The molecular formula is C15H23ClN2. The molecule has 1 aliphatic rings. The molecule has 0 bridgehead atoms. The number of halogens is 1. The van der Waals surface area contributed by atoms with Gasteiger partial charge in [0.25, 0.3) is 0 Å². The van der Waals surface area contributed by atoms with Crippen LogP contribution in [0.2, 0.25) is 5.02 Å². The molecule has 1 heterocycles. The number of rotatable bonds is 2. The quantitative estimate of drug-likeness (QED) is 0.884. The Labute approximate surface area is 115 Å². The lowest BCUT2D eigenvalue weighted by Crippen LogP contribution is -2.66. The van der Waals surface area contributed by atoms with Crippen molar-refractivity contribution in [3.05, 3.63) is 34.9 Å². The zero-order chi connectivity index (χ0) is 13.4. The maximum Gasteiger partial charge on any atom is 0.0451 e. The van der Waals surface area contributed by atoms with Gasteiger partial charge in [-0.2, -0.15) is 0 Å². The van der Waals surface area contributed by atoms with Crippen LogP contribution in [0.4, 0.5) is 0 Å². The molecule has 1 saturated heterocycles. The predicted molar refractivity (Wildman–Crippen MR) is 78.0 cm³/mol. The molecule has 0 atom stereocenters. The Balaban J connectivity index is 2.12. The summed E-state index contributed by atoms with van der Waals surface area (Å²) in [6, 6.07) is 8.12. The first kappa shape index (κ1) is 13.9. The summed E-state index contributed by atoms with van der Waals surface area (Å²) in [5.41, 5.74) is 1.50. The number of hydrogen-bond donors (Lipinski definition) is 1. The van der Waals surface area contributed by atoms with Crippen molar-refractivity contribution in [2.24, 2.45) is 0 Å². The third-order valence-electron chi connectivity index (χ3n) is 3.27. The highest BCUT2D eigenvalue weighted by Gasteiger charge is 2.36. The second kappa shape index (κ2) is 4.84. The van der Waals surface area contributed by atoms with Crippen molar-refractivity contribution in [2.45, 2.75) is 45.3 Å². The number of hydrogen-bond acceptors (Lipinski definition) is 2. The number of benzene rings is 1. The van der Waals surface area contributed by atoms with Crippen molar-refractivity contribution in [3.63, 3.8) is 0 Å². The van der Waals surface area contributed by atoms with Gasteiger partial charge in [0.15, 0.2) is 0 Å². The minimum atomic E-state index is 0.142. The first-order chi connectivity index (χ1) is 8.27. The average molecular weight is 267 g/mol. The van der Waals surface area contributed by atoms with Gasteiger partial charge in [0, 0.05) is 35.7 Å². The molecule has 1 N–H and O–H groups in total. The van der Waals surface area contributed by atoms with Crippen LogP contribution >= 0.6 is 11.6 Å². The van der Waals surface area contributed by atoms with Crippen LogP contribution in [0.3, 0.4) is 0 Å². The van der Waals surface area contributed by atoms with Gasteiger partial charge in [0.1, 0.15) is 0 Å². The highest BCUT2D eigenvalue weighted by atomic mass is 35.5. The Morgan fingerprint density at radius 3 is 2.22 bits per heavy atom. The van der Waals surface area contributed by atoms with Gasteiger partial charge in [0.05, 0.1) is 0 Å². The minimum Gasteiger partial charge on any atom is -0.304 e. The van der Waals surface area contributed by atoms with Crippen molar-refractivity contribution in [3.8, 4) is 0 Å². The van der Waals surface area contributed by atoms with Gasteiger partial charge in [-0.05, 0) is 39.3 Å². The van der Waals surface area contributed by atoms with E-state index in [4.69, 9.17) is 11.6 Å². The van der Waals surface area contributed by atoms with Crippen LogP contribution in [-0.4, -0.2) is 29.1 Å². The van der Waals surface area contributed by atoms with Gasteiger partial charge in [0.2, 0.25) is 0 Å². The number of nitrogens with one attached hydrogen (secondary N) is 1. The molecule has 0 amide bonds. The Morgan fingerprint density at radius 1 is 1.11 bits per heavy atom. The van der Waals surface area contributed by atoms with Crippen LogP contribution in [0.15, 0.2) is 24.3 Å².